The van der Waals surface area contributed by atoms with Crippen molar-refractivity contribution < 1.29 is 9.18 Å². The van der Waals surface area contributed by atoms with Crippen LogP contribution in [0.25, 0.3) is 5.57 Å². The van der Waals surface area contributed by atoms with E-state index in [-0.39, 0.29) is 17.6 Å². The van der Waals surface area contributed by atoms with E-state index in [1.165, 1.54) is 6.07 Å². The smallest absolute Gasteiger partial charge is 0.225 e. The number of allylic oxidation sites excluding steroid dienone is 2. The highest BCUT2D eigenvalue weighted by Crippen LogP contribution is 2.30. The molecule has 0 aliphatic carbocycles. The molecule has 1 aromatic heterocycles. The van der Waals surface area contributed by atoms with Crippen molar-refractivity contribution in [1.29, 1.82) is 0 Å². The number of aliphatic imine (C=N–C) groups is 1. The Balaban J connectivity index is 1.31. The van der Waals surface area contributed by atoms with E-state index in [0.29, 0.717) is 44.0 Å². The molecule has 0 spiro atoms. The molecule has 2 aromatic carbocycles. The van der Waals surface area contributed by atoms with Crippen molar-refractivity contribution in [3.05, 3.63) is 95.6 Å². The van der Waals surface area contributed by atoms with Gasteiger partial charge in [0.2, 0.25) is 11.9 Å². The molecule has 0 saturated carbocycles. The van der Waals surface area contributed by atoms with E-state index in [4.69, 9.17) is 4.99 Å². The summed E-state index contributed by atoms with van der Waals surface area (Å²) in [5.41, 5.74) is 4.62. The van der Waals surface area contributed by atoms with E-state index in [9.17, 15) is 9.18 Å². The zero-order valence-corrected chi connectivity index (χ0v) is 20.5. The highest BCUT2D eigenvalue weighted by Gasteiger charge is 2.26. The Labute approximate surface area is 211 Å². The summed E-state index contributed by atoms with van der Waals surface area (Å²) in [6.45, 7) is 5.11. The molecule has 1 amide bonds. The SMILES string of the molecule is Cc1cc(C2=CC(c3ccccc3)=NCC(CC(=O)N3CCN(c4ncccn4)CC3)C2)ccc1F. The second kappa shape index (κ2) is 10.8. The van der Waals surface area contributed by atoms with Crippen molar-refractivity contribution in [2.24, 2.45) is 10.9 Å². The molecule has 0 bridgehead atoms. The van der Waals surface area contributed by atoms with E-state index < -0.39 is 0 Å². The first-order chi connectivity index (χ1) is 17.6. The Kier molecular flexibility index (Phi) is 7.16. The van der Waals surface area contributed by atoms with Gasteiger partial charge in [-0.2, -0.15) is 0 Å². The fourth-order valence-corrected chi connectivity index (χ4v) is 4.82. The van der Waals surface area contributed by atoms with Crippen LogP contribution in [0.5, 0.6) is 0 Å². The molecule has 6 nitrogen and oxygen atoms in total. The molecule has 1 unspecified atom stereocenters. The van der Waals surface area contributed by atoms with Gasteiger partial charge in [-0.3, -0.25) is 9.79 Å². The molecule has 2 aliphatic heterocycles. The van der Waals surface area contributed by atoms with Gasteiger partial charge in [0.25, 0.3) is 0 Å². The average molecular weight is 484 g/mol. The van der Waals surface area contributed by atoms with Crippen molar-refractivity contribution in [2.75, 3.05) is 37.6 Å². The minimum Gasteiger partial charge on any atom is -0.339 e. The first kappa shape index (κ1) is 23.9. The van der Waals surface area contributed by atoms with Crippen LogP contribution in [0.15, 0.2) is 78.1 Å². The van der Waals surface area contributed by atoms with Gasteiger partial charge in [0.1, 0.15) is 5.82 Å². The summed E-state index contributed by atoms with van der Waals surface area (Å²) in [5, 5.41) is 0. The minimum absolute atomic E-state index is 0.0748. The third-order valence-electron chi connectivity index (χ3n) is 6.87. The highest BCUT2D eigenvalue weighted by molar-refractivity contribution is 6.12. The van der Waals surface area contributed by atoms with Gasteiger partial charge in [-0.15, -0.1) is 0 Å². The molecule has 7 heteroatoms. The van der Waals surface area contributed by atoms with Crippen molar-refractivity contribution in [3.63, 3.8) is 0 Å². The molecule has 0 N–H and O–H groups in total. The third-order valence-corrected chi connectivity index (χ3v) is 6.87. The Morgan fingerprint density at radius 2 is 1.72 bits per heavy atom. The second-order valence-corrected chi connectivity index (χ2v) is 9.42. The Hall–Kier alpha value is -3.87. The lowest BCUT2D eigenvalue weighted by Gasteiger charge is -2.35. The Bertz CT molecular complexity index is 1270. The van der Waals surface area contributed by atoms with Crippen LogP contribution < -0.4 is 4.90 Å². The second-order valence-electron chi connectivity index (χ2n) is 9.42. The first-order valence-corrected chi connectivity index (χ1v) is 12.4. The summed E-state index contributed by atoms with van der Waals surface area (Å²) in [6, 6.07) is 17.1. The fraction of sp³-hybridized carbons (Fsp3) is 0.310. The number of aryl methyl sites for hydroxylation is 1. The number of hydrogen-bond acceptors (Lipinski definition) is 5. The summed E-state index contributed by atoms with van der Waals surface area (Å²) in [6.07, 6.45) is 6.73. The Morgan fingerprint density at radius 3 is 2.44 bits per heavy atom. The highest BCUT2D eigenvalue weighted by atomic mass is 19.1. The van der Waals surface area contributed by atoms with Crippen LogP contribution in [0, 0.1) is 18.7 Å². The van der Waals surface area contributed by atoms with Gasteiger partial charge in [0.05, 0.1) is 5.71 Å². The van der Waals surface area contributed by atoms with Crippen molar-refractivity contribution in [1.82, 2.24) is 14.9 Å². The number of hydrogen-bond donors (Lipinski definition) is 0. The minimum atomic E-state index is -0.211. The number of benzene rings is 2. The van der Waals surface area contributed by atoms with E-state index >= 15 is 0 Å². The predicted molar refractivity (Wildman–Crippen MR) is 141 cm³/mol. The fourth-order valence-electron chi connectivity index (χ4n) is 4.82. The van der Waals surface area contributed by atoms with Crippen LogP contribution in [-0.2, 0) is 4.79 Å². The number of carbonyl (C=O) groups is 1. The number of nitrogens with zero attached hydrogens (tertiary/aromatic N) is 5. The summed E-state index contributed by atoms with van der Waals surface area (Å²) < 4.78 is 14.0. The van der Waals surface area contributed by atoms with Crippen molar-refractivity contribution in [2.45, 2.75) is 19.8 Å². The third kappa shape index (κ3) is 5.51. The molecule has 36 heavy (non-hydrogen) atoms. The topological polar surface area (TPSA) is 61.7 Å². The number of anilines is 1. The molecule has 184 valence electrons. The van der Waals surface area contributed by atoms with Gasteiger partial charge < -0.3 is 9.80 Å². The van der Waals surface area contributed by atoms with Crippen molar-refractivity contribution in [3.8, 4) is 0 Å². The largest absolute Gasteiger partial charge is 0.339 e. The van der Waals surface area contributed by atoms with Crippen LogP contribution >= 0.6 is 0 Å². The zero-order chi connectivity index (χ0) is 24.9. The van der Waals surface area contributed by atoms with E-state index in [1.807, 2.05) is 47.4 Å². The number of carbonyl (C=O) groups excluding carboxylic acids is 1. The standard InChI is InChI=1S/C29H30FN5O/c1-21-16-24(8-9-26(21)30)25-17-22(20-33-27(19-25)23-6-3-2-4-7-23)18-28(36)34-12-14-35(15-13-34)29-31-10-5-11-32-29/h2-11,16,19,22H,12-15,17-18,20H2,1H3. The van der Waals surface area contributed by atoms with E-state index in [1.54, 1.807) is 25.4 Å². The van der Waals surface area contributed by atoms with Crippen molar-refractivity contribution >= 4 is 23.1 Å². The Morgan fingerprint density at radius 1 is 0.972 bits per heavy atom. The van der Waals surface area contributed by atoms with Gasteiger partial charge in [-0.05, 0) is 65.8 Å². The quantitative estimate of drug-likeness (QED) is 0.534. The summed E-state index contributed by atoms with van der Waals surface area (Å²) in [4.78, 5) is 30.9. The van der Waals surface area contributed by atoms with Crippen LogP contribution in [0.1, 0.15) is 29.5 Å². The normalized spacial score (nSPS) is 18.3. The average Bonchev–Trinajstić information content (AvgIpc) is 3.14. The number of piperazine rings is 1. The molecule has 1 saturated heterocycles. The van der Waals surface area contributed by atoms with Gasteiger partial charge in [0, 0.05) is 51.5 Å². The van der Waals surface area contributed by atoms with Crippen LogP contribution in [0.2, 0.25) is 0 Å². The molecule has 5 rings (SSSR count). The lowest BCUT2D eigenvalue weighted by Crippen LogP contribution is -2.49. The molecule has 3 aromatic rings. The maximum atomic E-state index is 14.0. The molecule has 1 fully saturated rings. The van der Waals surface area contributed by atoms with Gasteiger partial charge in [-0.25, -0.2) is 14.4 Å². The lowest BCUT2D eigenvalue weighted by atomic mass is 9.90. The maximum absolute atomic E-state index is 14.0. The predicted octanol–water partition coefficient (Wildman–Crippen LogP) is 4.56. The zero-order valence-electron chi connectivity index (χ0n) is 20.5. The summed E-state index contributed by atoms with van der Waals surface area (Å²) in [7, 11) is 0. The molecular weight excluding hydrogens is 453 g/mol. The molecule has 2 aliphatic rings. The van der Waals surface area contributed by atoms with E-state index in [0.717, 1.165) is 35.5 Å². The van der Waals surface area contributed by atoms with E-state index in [2.05, 4.69) is 20.9 Å². The monoisotopic (exact) mass is 483 g/mol. The molecule has 1 atom stereocenters. The maximum Gasteiger partial charge on any atom is 0.225 e. The van der Waals surface area contributed by atoms with Crippen LogP contribution in [-0.4, -0.2) is 59.2 Å². The number of amides is 1. The summed E-state index contributed by atoms with van der Waals surface area (Å²) >= 11 is 0. The molecule has 0 radical (unpaired) electrons. The lowest BCUT2D eigenvalue weighted by molar-refractivity contribution is -0.132. The molecule has 3 heterocycles. The van der Waals surface area contributed by atoms with Crippen LogP contribution in [0.4, 0.5) is 10.3 Å². The summed E-state index contributed by atoms with van der Waals surface area (Å²) in [5.74, 6) is 0.727. The van der Waals surface area contributed by atoms with Gasteiger partial charge in [-0.1, -0.05) is 36.4 Å². The van der Waals surface area contributed by atoms with Gasteiger partial charge in [0.15, 0.2) is 0 Å². The van der Waals surface area contributed by atoms with Crippen LogP contribution in [0.3, 0.4) is 0 Å². The van der Waals surface area contributed by atoms with Gasteiger partial charge >= 0.3 is 0 Å². The number of rotatable bonds is 5. The number of halogens is 1. The first-order valence-electron chi connectivity index (χ1n) is 12.4. The molecular formula is C29H30FN5O. The number of aromatic nitrogens is 2.